The molecule has 0 bridgehead atoms. The van der Waals surface area contributed by atoms with Crippen molar-refractivity contribution in [2.45, 2.75) is 25.9 Å². The van der Waals surface area contributed by atoms with E-state index in [1.54, 1.807) is 0 Å². The zero-order valence-corrected chi connectivity index (χ0v) is 15.3. The average Bonchev–Trinajstić information content (AvgIpc) is 2.38. The van der Waals surface area contributed by atoms with Gasteiger partial charge in [-0.25, -0.2) is 0 Å². The summed E-state index contributed by atoms with van der Waals surface area (Å²) in [5.41, 5.74) is 2.23. The van der Waals surface area contributed by atoms with Gasteiger partial charge in [-0.1, -0.05) is 61.7 Å². The van der Waals surface area contributed by atoms with Crippen LogP contribution in [0, 0.1) is 0 Å². The molecular formula is C16H16Br2ClN. The van der Waals surface area contributed by atoms with Crippen LogP contribution in [0.2, 0.25) is 5.02 Å². The lowest BCUT2D eigenvalue weighted by Crippen LogP contribution is -2.35. The topological polar surface area (TPSA) is 12.0 Å². The van der Waals surface area contributed by atoms with Gasteiger partial charge in [0.2, 0.25) is 0 Å². The lowest BCUT2D eigenvalue weighted by atomic mass is 9.94. The largest absolute Gasteiger partial charge is 0.304 e. The van der Waals surface area contributed by atoms with E-state index < -0.39 is 0 Å². The zero-order chi connectivity index (χ0) is 14.8. The minimum atomic E-state index is -0.114. The highest BCUT2D eigenvalue weighted by Gasteiger charge is 2.19. The molecule has 0 saturated heterocycles. The van der Waals surface area contributed by atoms with Gasteiger partial charge in [-0.3, -0.25) is 0 Å². The van der Waals surface area contributed by atoms with Crippen molar-refractivity contribution >= 4 is 43.5 Å². The van der Waals surface area contributed by atoms with Gasteiger partial charge < -0.3 is 5.32 Å². The fourth-order valence-electron chi connectivity index (χ4n) is 1.95. The Morgan fingerprint density at radius 1 is 1.00 bits per heavy atom. The molecule has 1 N–H and O–H groups in total. The van der Waals surface area contributed by atoms with E-state index in [2.05, 4.69) is 75.3 Å². The van der Waals surface area contributed by atoms with Crippen LogP contribution in [0.3, 0.4) is 0 Å². The van der Waals surface area contributed by atoms with Crippen LogP contribution in [0.25, 0.3) is 0 Å². The first kappa shape index (κ1) is 16.0. The normalized spacial score (nSPS) is 11.7. The molecule has 2 aromatic rings. The molecule has 0 fully saturated rings. The third-order valence-electron chi connectivity index (χ3n) is 3.30. The molecule has 1 nitrogen and oxygen atoms in total. The molecule has 0 aliphatic carbocycles. The minimum Gasteiger partial charge on any atom is -0.304 e. The molecular weight excluding hydrogens is 401 g/mol. The molecule has 0 aromatic heterocycles. The van der Waals surface area contributed by atoms with E-state index in [0.29, 0.717) is 0 Å². The fraction of sp³-hybridized carbons (Fsp3) is 0.250. The molecule has 0 saturated carbocycles. The maximum absolute atomic E-state index is 6.25. The van der Waals surface area contributed by atoms with Crippen molar-refractivity contribution < 1.29 is 0 Å². The first-order valence-corrected chi connectivity index (χ1v) is 8.30. The van der Waals surface area contributed by atoms with Crippen LogP contribution >= 0.6 is 43.5 Å². The van der Waals surface area contributed by atoms with Crippen molar-refractivity contribution in [3.63, 3.8) is 0 Å². The Morgan fingerprint density at radius 2 is 1.60 bits per heavy atom. The van der Waals surface area contributed by atoms with Crippen LogP contribution in [0.15, 0.2) is 51.4 Å². The van der Waals surface area contributed by atoms with Gasteiger partial charge >= 0.3 is 0 Å². The Hall–Kier alpha value is -0.350. The number of halogens is 3. The van der Waals surface area contributed by atoms with Crippen molar-refractivity contribution in [1.82, 2.24) is 5.32 Å². The summed E-state index contributed by atoms with van der Waals surface area (Å²) >= 11 is 13.1. The maximum Gasteiger partial charge on any atom is 0.0462 e. The SMILES string of the molecule is CC(C)(NCc1ccc(Br)cc1Cl)c1ccc(Br)cc1. The van der Waals surface area contributed by atoms with E-state index in [1.807, 2.05) is 18.2 Å². The molecule has 4 heteroatoms. The summed E-state index contributed by atoms with van der Waals surface area (Å²) in [7, 11) is 0. The second-order valence-corrected chi connectivity index (χ2v) is 7.46. The number of hydrogen-bond acceptors (Lipinski definition) is 1. The molecule has 2 rings (SSSR count). The van der Waals surface area contributed by atoms with Crippen LogP contribution in [0.1, 0.15) is 25.0 Å². The van der Waals surface area contributed by atoms with Crippen LogP contribution in [-0.2, 0) is 12.1 Å². The van der Waals surface area contributed by atoms with Crippen LogP contribution < -0.4 is 5.32 Å². The Balaban J connectivity index is 2.10. The highest BCUT2D eigenvalue weighted by Crippen LogP contribution is 2.25. The van der Waals surface area contributed by atoms with Gasteiger partial charge in [-0.15, -0.1) is 0 Å². The molecule has 0 unspecified atom stereocenters. The number of hydrogen-bond donors (Lipinski definition) is 1. The molecule has 0 radical (unpaired) electrons. The summed E-state index contributed by atoms with van der Waals surface area (Å²) < 4.78 is 2.09. The third kappa shape index (κ3) is 4.08. The molecule has 0 spiro atoms. The van der Waals surface area contributed by atoms with Crippen molar-refractivity contribution in [2.24, 2.45) is 0 Å². The quantitative estimate of drug-likeness (QED) is 0.654. The van der Waals surface area contributed by atoms with Gasteiger partial charge in [0.05, 0.1) is 0 Å². The predicted molar refractivity (Wildman–Crippen MR) is 93.2 cm³/mol. The van der Waals surface area contributed by atoms with Gasteiger partial charge in [-0.05, 0) is 49.2 Å². The first-order chi connectivity index (χ1) is 9.38. The highest BCUT2D eigenvalue weighted by molar-refractivity contribution is 9.10. The van der Waals surface area contributed by atoms with Crippen LogP contribution in [-0.4, -0.2) is 0 Å². The van der Waals surface area contributed by atoms with Crippen molar-refractivity contribution in [1.29, 1.82) is 0 Å². The van der Waals surface area contributed by atoms with Gasteiger partial charge in [0, 0.05) is 26.1 Å². The number of nitrogens with one attached hydrogen (secondary N) is 1. The summed E-state index contributed by atoms with van der Waals surface area (Å²) in [5.74, 6) is 0. The summed E-state index contributed by atoms with van der Waals surface area (Å²) in [6.45, 7) is 5.07. The molecule has 0 aliphatic heterocycles. The van der Waals surface area contributed by atoms with E-state index in [-0.39, 0.29) is 5.54 Å². The maximum atomic E-state index is 6.25. The van der Waals surface area contributed by atoms with Gasteiger partial charge in [0.1, 0.15) is 0 Å². The van der Waals surface area contributed by atoms with Crippen molar-refractivity contribution in [2.75, 3.05) is 0 Å². The number of rotatable bonds is 4. The van der Waals surface area contributed by atoms with E-state index in [9.17, 15) is 0 Å². The molecule has 2 aromatic carbocycles. The smallest absolute Gasteiger partial charge is 0.0462 e. The average molecular weight is 418 g/mol. The molecule has 0 heterocycles. The molecule has 0 atom stereocenters. The zero-order valence-electron chi connectivity index (χ0n) is 11.4. The second-order valence-electron chi connectivity index (χ2n) is 5.22. The van der Waals surface area contributed by atoms with Crippen molar-refractivity contribution in [3.8, 4) is 0 Å². The molecule has 106 valence electrons. The monoisotopic (exact) mass is 415 g/mol. The van der Waals surface area contributed by atoms with Crippen LogP contribution in [0.5, 0.6) is 0 Å². The van der Waals surface area contributed by atoms with E-state index in [0.717, 1.165) is 26.1 Å². The minimum absolute atomic E-state index is 0.114. The van der Waals surface area contributed by atoms with E-state index >= 15 is 0 Å². The standard InChI is InChI=1S/C16H16Br2ClN/c1-16(2,12-4-7-13(17)8-5-12)20-10-11-3-6-14(18)9-15(11)19/h3-9,20H,10H2,1-2H3. The Bertz CT molecular complexity index is 594. The Kier molecular flexibility index (Phi) is 5.30. The molecule has 20 heavy (non-hydrogen) atoms. The van der Waals surface area contributed by atoms with Gasteiger partial charge in [0.25, 0.3) is 0 Å². The van der Waals surface area contributed by atoms with Gasteiger partial charge in [-0.2, -0.15) is 0 Å². The van der Waals surface area contributed by atoms with Crippen molar-refractivity contribution in [3.05, 3.63) is 67.6 Å². The van der Waals surface area contributed by atoms with Crippen LogP contribution in [0.4, 0.5) is 0 Å². The molecule has 0 amide bonds. The lowest BCUT2D eigenvalue weighted by Gasteiger charge is -2.27. The summed E-state index contributed by atoms with van der Waals surface area (Å²) in [6, 6.07) is 14.3. The predicted octanol–water partition coefficient (Wildman–Crippen LogP) is 5.89. The first-order valence-electron chi connectivity index (χ1n) is 6.33. The fourth-order valence-corrected chi connectivity index (χ4v) is 2.95. The second kappa shape index (κ2) is 6.61. The Morgan fingerprint density at radius 3 is 2.20 bits per heavy atom. The van der Waals surface area contributed by atoms with E-state index in [4.69, 9.17) is 11.6 Å². The summed E-state index contributed by atoms with van der Waals surface area (Å²) in [6.07, 6.45) is 0. The highest BCUT2D eigenvalue weighted by atomic mass is 79.9. The summed E-state index contributed by atoms with van der Waals surface area (Å²) in [4.78, 5) is 0. The Labute approximate surface area is 142 Å². The van der Waals surface area contributed by atoms with E-state index in [1.165, 1.54) is 5.56 Å². The number of benzene rings is 2. The third-order valence-corrected chi connectivity index (χ3v) is 4.68. The lowest BCUT2D eigenvalue weighted by molar-refractivity contribution is 0.401. The van der Waals surface area contributed by atoms with Gasteiger partial charge in [0.15, 0.2) is 0 Å². The summed E-state index contributed by atoms with van der Waals surface area (Å²) in [5, 5.41) is 4.33. The molecule has 0 aliphatic rings.